The van der Waals surface area contributed by atoms with Gasteiger partial charge in [0.2, 0.25) is 11.8 Å². The van der Waals surface area contributed by atoms with Gasteiger partial charge in [0, 0.05) is 10.7 Å². The van der Waals surface area contributed by atoms with Crippen LogP contribution in [0.25, 0.3) is 0 Å². The Balaban J connectivity index is 1.76. The molecule has 2 aromatic carbocycles. The van der Waals surface area contributed by atoms with Crippen molar-refractivity contribution in [3.8, 4) is 0 Å². The molecule has 4 nitrogen and oxygen atoms in total. The highest BCUT2D eigenvalue weighted by molar-refractivity contribution is 8.00. The van der Waals surface area contributed by atoms with E-state index in [2.05, 4.69) is 10.6 Å². The molecule has 2 aromatic rings. The van der Waals surface area contributed by atoms with Crippen molar-refractivity contribution in [1.82, 2.24) is 0 Å². The number of halogens is 2. The summed E-state index contributed by atoms with van der Waals surface area (Å²) < 4.78 is 0. The Labute approximate surface area is 154 Å². The first kappa shape index (κ1) is 18.6. The fraction of sp³-hybridized carbons (Fsp3) is 0.176. The predicted octanol–water partition coefficient (Wildman–Crippen LogP) is 4.61. The van der Waals surface area contributed by atoms with Crippen LogP contribution in [0, 0.1) is 6.92 Å². The fourth-order valence-corrected chi connectivity index (χ4v) is 2.89. The first-order valence-electron chi connectivity index (χ1n) is 7.13. The summed E-state index contributed by atoms with van der Waals surface area (Å²) in [5, 5.41) is 6.36. The van der Waals surface area contributed by atoms with E-state index in [0.29, 0.717) is 15.7 Å². The van der Waals surface area contributed by atoms with Gasteiger partial charge in [-0.1, -0.05) is 35.3 Å². The van der Waals surface area contributed by atoms with E-state index in [4.69, 9.17) is 23.2 Å². The Morgan fingerprint density at radius 3 is 2.42 bits per heavy atom. The smallest absolute Gasteiger partial charge is 0.234 e. The minimum Gasteiger partial charge on any atom is -0.325 e. The first-order valence-corrected chi connectivity index (χ1v) is 9.04. The lowest BCUT2D eigenvalue weighted by atomic mass is 10.2. The maximum absolute atomic E-state index is 11.9. The molecule has 7 heteroatoms. The van der Waals surface area contributed by atoms with Gasteiger partial charge in [0.05, 0.1) is 22.2 Å². The molecule has 0 spiro atoms. The highest BCUT2D eigenvalue weighted by Gasteiger charge is 2.09. The largest absolute Gasteiger partial charge is 0.325 e. The van der Waals surface area contributed by atoms with Gasteiger partial charge < -0.3 is 10.6 Å². The number of rotatable bonds is 6. The van der Waals surface area contributed by atoms with Crippen LogP contribution in [0.2, 0.25) is 10.0 Å². The third kappa shape index (κ3) is 6.07. The lowest BCUT2D eigenvalue weighted by molar-refractivity contribution is -0.114. The lowest BCUT2D eigenvalue weighted by Crippen LogP contribution is -2.18. The van der Waals surface area contributed by atoms with E-state index in [1.54, 1.807) is 18.2 Å². The summed E-state index contributed by atoms with van der Waals surface area (Å²) in [6.45, 7) is 1.95. The van der Waals surface area contributed by atoms with Crippen molar-refractivity contribution < 1.29 is 9.59 Å². The minimum atomic E-state index is -0.243. The van der Waals surface area contributed by atoms with Crippen LogP contribution in [0.3, 0.4) is 0 Å². The molecule has 0 unspecified atom stereocenters. The molecule has 0 aliphatic heterocycles. The Morgan fingerprint density at radius 2 is 1.71 bits per heavy atom. The van der Waals surface area contributed by atoms with E-state index in [1.807, 2.05) is 31.2 Å². The zero-order valence-corrected chi connectivity index (χ0v) is 15.3. The zero-order valence-electron chi connectivity index (χ0n) is 12.9. The Morgan fingerprint density at radius 1 is 1.00 bits per heavy atom. The Bertz CT molecular complexity index is 753. The standard InChI is InChI=1S/C17H16Cl2N2O2S/c1-11-3-2-4-13(7-11)20-16(22)9-24-10-17(23)21-15-8-12(18)5-6-14(15)19/h2-8H,9-10H2,1H3,(H,20,22)(H,21,23). The van der Waals surface area contributed by atoms with Crippen LogP contribution in [-0.2, 0) is 9.59 Å². The summed E-state index contributed by atoms with van der Waals surface area (Å²) in [6.07, 6.45) is 0. The minimum absolute atomic E-state index is 0.143. The molecular formula is C17H16Cl2N2O2S. The van der Waals surface area contributed by atoms with E-state index < -0.39 is 0 Å². The normalized spacial score (nSPS) is 10.3. The molecule has 2 rings (SSSR count). The average molecular weight is 383 g/mol. The van der Waals surface area contributed by atoms with Crippen LogP contribution in [0.1, 0.15) is 5.56 Å². The SMILES string of the molecule is Cc1cccc(NC(=O)CSCC(=O)Nc2cc(Cl)ccc2Cl)c1. The topological polar surface area (TPSA) is 58.2 Å². The first-order chi connectivity index (χ1) is 11.4. The maximum Gasteiger partial charge on any atom is 0.234 e. The fourth-order valence-electron chi connectivity index (χ4n) is 1.94. The van der Waals surface area contributed by atoms with Crippen LogP contribution < -0.4 is 10.6 Å². The molecule has 2 amide bonds. The van der Waals surface area contributed by atoms with Crippen molar-refractivity contribution in [1.29, 1.82) is 0 Å². The molecule has 0 saturated heterocycles. The highest BCUT2D eigenvalue weighted by Crippen LogP contribution is 2.25. The van der Waals surface area contributed by atoms with Gasteiger partial charge in [-0.05, 0) is 42.8 Å². The van der Waals surface area contributed by atoms with E-state index >= 15 is 0 Å². The van der Waals surface area contributed by atoms with Crippen LogP contribution >= 0.6 is 35.0 Å². The van der Waals surface area contributed by atoms with Crippen molar-refractivity contribution in [2.45, 2.75) is 6.92 Å². The number of amides is 2. The molecule has 2 N–H and O–H groups in total. The maximum atomic E-state index is 11.9. The molecule has 0 bridgehead atoms. The molecule has 0 atom stereocenters. The van der Waals surface area contributed by atoms with Gasteiger partial charge in [-0.2, -0.15) is 0 Å². The van der Waals surface area contributed by atoms with Gasteiger partial charge in [-0.15, -0.1) is 11.8 Å². The van der Waals surface area contributed by atoms with E-state index in [1.165, 1.54) is 11.8 Å². The van der Waals surface area contributed by atoms with Crippen molar-refractivity contribution in [2.75, 3.05) is 22.1 Å². The third-order valence-corrected chi connectivity index (χ3v) is 4.47. The molecule has 0 aromatic heterocycles. The summed E-state index contributed by atoms with van der Waals surface area (Å²) >= 11 is 13.1. The Kier molecular flexibility index (Phi) is 6.97. The zero-order chi connectivity index (χ0) is 17.5. The van der Waals surface area contributed by atoms with Gasteiger partial charge in [0.15, 0.2) is 0 Å². The van der Waals surface area contributed by atoms with Crippen LogP contribution in [0.15, 0.2) is 42.5 Å². The average Bonchev–Trinajstić information content (AvgIpc) is 2.51. The summed E-state index contributed by atoms with van der Waals surface area (Å²) in [4.78, 5) is 23.8. The monoisotopic (exact) mass is 382 g/mol. The molecular weight excluding hydrogens is 367 g/mol. The van der Waals surface area contributed by atoms with E-state index in [-0.39, 0.29) is 23.3 Å². The van der Waals surface area contributed by atoms with Crippen molar-refractivity contribution in [3.05, 3.63) is 58.1 Å². The van der Waals surface area contributed by atoms with E-state index in [0.717, 1.165) is 11.3 Å². The lowest BCUT2D eigenvalue weighted by Gasteiger charge is -2.08. The summed E-state index contributed by atoms with van der Waals surface area (Å²) in [7, 11) is 0. The predicted molar refractivity (Wildman–Crippen MR) is 102 cm³/mol. The van der Waals surface area contributed by atoms with Crippen LogP contribution in [-0.4, -0.2) is 23.3 Å². The molecule has 0 radical (unpaired) electrons. The molecule has 0 fully saturated rings. The molecule has 0 heterocycles. The summed E-state index contributed by atoms with van der Waals surface area (Å²) in [5.74, 6) is -0.0685. The van der Waals surface area contributed by atoms with Crippen LogP contribution in [0.4, 0.5) is 11.4 Å². The van der Waals surface area contributed by atoms with Gasteiger partial charge in [-0.3, -0.25) is 9.59 Å². The second-order valence-corrected chi connectivity index (χ2v) is 6.91. The second-order valence-electron chi connectivity index (χ2n) is 5.08. The van der Waals surface area contributed by atoms with Gasteiger partial charge >= 0.3 is 0 Å². The molecule has 0 aliphatic carbocycles. The van der Waals surface area contributed by atoms with Crippen molar-refractivity contribution >= 4 is 58.2 Å². The number of aryl methyl sites for hydroxylation is 1. The number of carbonyl (C=O) groups excluding carboxylic acids is 2. The summed E-state index contributed by atoms with van der Waals surface area (Å²) in [5.41, 5.74) is 2.27. The molecule has 126 valence electrons. The van der Waals surface area contributed by atoms with Crippen molar-refractivity contribution in [3.63, 3.8) is 0 Å². The quantitative estimate of drug-likeness (QED) is 0.766. The Hall–Kier alpha value is -1.69. The number of benzene rings is 2. The van der Waals surface area contributed by atoms with Crippen LogP contribution in [0.5, 0.6) is 0 Å². The van der Waals surface area contributed by atoms with Gasteiger partial charge in [0.25, 0.3) is 0 Å². The van der Waals surface area contributed by atoms with Crippen molar-refractivity contribution in [2.24, 2.45) is 0 Å². The molecule has 0 aliphatic rings. The second kappa shape index (κ2) is 8.97. The highest BCUT2D eigenvalue weighted by atomic mass is 35.5. The number of nitrogens with one attached hydrogen (secondary N) is 2. The van der Waals surface area contributed by atoms with Gasteiger partial charge in [0.1, 0.15) is 0 Å². The number of thioether (sulfide) groups is 1. The van der Waals surface area contributed by atoms with E-state index in [9.17, 15) is 9.59 Å². The number of anilines is 2. The molecule has 24 heavy (non-hydrogen) atoms. The molecule has 0 saturated carbocycles. The van der Waals surface area contributed by atoms with Gasteiger partial charge in [-0.25, -0.2) is 0 Å². The number of hydrogen-bond donors (Lipinski definition) is 2. The third-order valence-electron chi connectivity index (χ3n) is 2.97. The number of carbonyl (C=O) groups is 2. The summed E-state index contributed by atoms with van der Waals surface area (Å²) in [6, 6.07) is 12.4. The number of hydrogen-bond acceptors (Lipinski definition) is 3.